The molecule has 2 rings (SSSR count). The summed E-state index contributed by atoms with van der Waals surface area (Å²) in [7, 11) is 0. The van der Waals surface area contributed by atoms with Crippen molar-refractivity contribution in [1.82, 2.24) is 10.9 Å². The molecule has 0 spiro atoms. The smallest absolute Gasteiger partial charge is 0.425 e. The molecule has 1 amide bonds. The van der Waals surface area contributed by atoms with Gasteiger partial charge in [0.15, 0.2) is 5.11 Å². The third kappa shape index (κ3) is 4.74. The largest absolute Gasteiger partial charge is 0.449 e. The van der Waals surface area contributed by atoms with Gasteiger partial charge in [0, 0.05) is 13.1 Å². The number of morpholine rings is 1. The zero-order valence-electron chi connectivity index (χ0n) is 12.4. The van der Waals surface area contributed by atoms with Crippen LogP contribution in [0.3, 0.4) is 0 Å². The van der Waals surface area contributed by atoms with Gasteiger partial charge in [-0.3, -0.25) is 5.43 Å². The van der Waals surface area contributed by atoms with Crippen molar-refractivity contribution in [2.45, 2.75) is 6.92 Å². The Morgan fingerprint density at radius 3 is 2.77 bits per heavy atom. The fraction of sp³-hybridized carbons (Fsp3) is 0.429. The van der Waals surface area contributed by atoms with Crippen LogP contribution in [0.15, 0.2) is 24.3 Å². The Balaban J connectivity index is 1.94. The number of thiocarbonyl (C=S) groups is 1. The van der Waals surface area contributed by atoms with Crippen molar-refractivity contribution in [1.29, 1.82) is 0 Å². The van der Waals surface area contributed by atoms with Gasteiger partial charge in [-0.25, -0.2) is 10.2 Å². The molecule has 7 nitrogen and oxygen atoms in total. The van der Waals surface area contributed by atoms with Crippen LogP contribution in [0.2, 0.25) is 0 Å². The van der Waals surface area contributed by atoms with E-state index in [9.17, 15) is 4.79 Å². The molecule has 1 aromatic rings. The number of hydrogen-bond donors (Lipinski definition) is 3. The monoisotopic (exact) mass is 324 g/mol. The first-order chi connectivity index (χ1) is 10.7. The predicted octanol–water partition coefficient (Wildman–Crippen LogP) is 1.47. The number of carbonyl (C=O) groups excluding carboxylic acids is 1. The molecule has 3 N–H and O–H groups in total. The Labute approximate surface area is 134 Å². The summed E-state index contributed by atoms with van der Waals surface area (Å²) in [5.74, 6) is 0. The Morgan fingerprint density at radius 2 is 2.05 bits per heavy atom. The van der Waals surface area contributed by atoms with Gasteiger partial charge in [0.05, 0.1) is 31.2 Å². The third-order valence-corrected chi connectivity index (χ3v) is 3.26. The minimum atomic E-state index is -0.576. The second-order valence-corrected chi connectivity index (χ2v) is 4.95. The summed E-state index contributed by atoms with van der Waals surface area (Å²) in [6.07, 6.45) is -0.576. The quantitative estimate of drug-likeness (QED) is 0.574. The predicted molar refractivity (Wildman–Crippen MR) is 89.0 cm³/mol. The second kappa shape index (κ2) is 8.40. The first-order valence-electron chi connectivity index (χ1n) is 7.12. The Morgan fingerprint density at radius 1 is 1.32 bits per heavy atom. The molecule has 1 aliphatic heterocycles. The number of nitrogens with one attached hydrogen (secondary N) is 3. The third-order valence-electron chi connectivity index (χ3n) is 3.06. The number of hydrazine groups is 1. The highest BCUT2D eigenvalue weighted by Crippen LogP contribution is 2.26. The molecule has 8 heteroatoms. The van der Waals surface area contributed by atoms with Crippen molar-refractivity contribution in [3.63, 3.8) is 0 Å². The van der Waals surface area contributed by atoms with E-state index in [-0.39, 0.29) is 5.11 Å². The van der Waals surface area contributed by atoms with Crippen LogP contribution in [0, 0.1) is 0 Å². The molecule has 1 aromatic carbocycles. The molecule has 0 aromatic heterocycles. The summed E-state index contributed by atoms with van der Waals surface area (Å²) >= 11 is 5.16. The summed E-state index contributed by atoms with van der Waals surface area (Å²) in [4.78, 5) is 13.4. The molecule has 0 bridgehead atoms. The lowest BCUT2D eigenvalue weighted by atomic mass is 10.2. The normalized spacial score (nSPS) is 14.1. The Bertz CT molecular complexity index is 521. The highest BCUT2D eigenvalue weighted by molar-refractivity contribution is 7.80. The molecule has 0 atom stereocenters. The number of hydrogen-bond acceptors (Lipinski definition) is 5. The van der Waals surface area contributed by atoms with Crippen LogP contribution >= 0.6 is 12.2 Å². The molecule has 1 saturated heterocycles. The summed E-state index contributed by atoms with van der Waals surface area (Å²) in [5, 5.41) is 3.36. The lowest BCUT2D eigenvalue weighted by Crippen LogP contribution is -2.44. The van der Waals surface area contributed by atoms with Crippen LogP contribution < -0.4 is 21.1 Å². The number of benzene rings is 1. The molecule has 1 fully saturated rings. The zero-order valence-corrected chi connectivity index (χ0v) is 13.2. The maximum absolute atomic E-state index is 11.2. The van der Waals surface area contributed by atoms with Gasteiger partial charge in [0.2, 0.25) is 0 Å². The summed E-state index contributed by atoms with van der Waals surface area (Å²) < 4.78 is 10.1. The number of amides is 1. The van der Waals surface area contributed by atoms with Crippen LogP contribution in [-0.4, -0.2) is 44.1 Å². The van der Waals surface area contributed by atoms with Crippen LogP contribution in [0.4, 0.5) is 16.2 Å². The number of rotatable bonds is 3. The lowest BCUT2D eigenvalue weighted by Gasteiger charge is -2.30. The standard InChI is InChI=1S/C14H20N4O3S/c1-2-21-14(19)17-16-13(22)15-11-5-3-4-6-12(11)18-7-9-20-10-8-18/h3-6H,2,7-10H2,1H3,(H,17,19)(H2,15,16,22). The lowest BCUT2D eigenvalue weighted by molar-refractivity contribution is 0.123. The van der Waals surface area contributed by atoms with Crippen LogP contribution in [0.1, 0.15) is 6.92 Å². The van der Waals surface area contributed by atoms with Gasteiger partial charge in [-0.05, 0) is 31.3 Å². The zero-order chi connectivity index (χ0) is 15.8. The van der Waals surface area contributed by atoms with Crippen molar-refractivity contribution >= 4 is 34.8 Å². The van der Waals surface area contributed by atoms with E-state index < -0.39 is 6.09 Å². The maximum Gasteiger partial charge on any atom is 0.425 e. The topological polar surface area (TPSA) is 74.9 Å². The molecule has 0 radical (unpaired) electrons. The van der Waals surface area contributed by atoms with Gasteiger partial charge >= 0.3 is 6.09 Å². The summed E-state index contributed by atoms with van der Waals surface area (Å²) in [5.41, 5.74) is 6.87. The second-order valence-electron chi connectivity index (χ2n) is 4.54. The van der Waals surface area contributed by atoms with Gasteiger partial charge in [0.1, 0.15) is 0 Å². The van der Waals surface area contributed by atoms with Crippen LogP contribution in [-0.2, 0) is 9.47 Å². The molecule has 120 valence electrons. The molecule has 0 unspecified atom stereocenters. The SMILES string of the molecule is CCOC(=O)NNC(=S)Nc1ccccc1N1CCOCC1. The van der Waals surface area contributed by atoms with Gasteiger partial charge in [-0.1, -0.05) is 12.1 Å². The molecular formula is C14H20N4O3S. The van der Waals surface area contributed by atoms with Gasteiger partial charge in [-0.2, -0.15) is 0 Å². The molecule has 0 aliphatic carbocycles. The molecule has 22 heavy (non-hydrogen) atoms. The highest BCUT2D eigenvalue weighted by atomic mass is 32.1. The van der Waals surface area contributed by atoms with E-state index in [2.05, 4.69) is 21.1 Å². The Kier molecular flexibility index (Phi) is 6.23. The van der Waals surface area contributed by atoms with Crippen molar-refractivity contribution < 1.29 is 14.3 Å². The fourth-order valence-corrected chi connectivity index (χ4v) is 2.25. The van der Waals surface area contributed by atoms with E-state index in [1.807, 2.05) is 24.3 Å². The van der Waals surface area contributed by atoms with Crippen molar-refractivity contribution in [2.75, 3.05) is 43.1 Å². The van der Waals surface area contributed by atoms with E-state index >= 15 is 0 Å². The summed E-state index contributed by atoms with van der Waals surface area (Å²) in [6.45, 7) is 5.12. The first kappa shape index (κ1) is 16.3. The molecular weight excluding hydrogens is 304 g/mol. The number of carbonyl (C=O) groups is 1. The fourth-order valence-electron chi connectivity index (χ4n) is 2.09. The average molecular weight is 324 g/mol. The van der Waals surface area contributed by atoms with Crippen molar-refractivity contribution in [2.24, 2.45) is 0 Å². The number of para-hydroxylation sites is 2. The van der Waals surface area contributed by atoms with Gasteiger partial charge in [-0.15, -0.1) is 0 Å². The first-order valence-corrected chi connectivity index (χ1v) is 7.53. The highest BCUT2D eigenvalue weighted by Gasteiger charge is 2.15. The molecule has 1 heterocycles. The van der Waals surface area contributed by atoms with Crippen LogP contribution in [0.5, 0.6) is 0 Å². The van der Waals surface area contributed by atoms with E-state index in [0.29, 0.717) is 19.8 Å². The average Bonchev–Trinajstić information content (AvgIpc) is 2.55. The molecule has 0 saturated carbocycles. The van der Waals surface area contributed by atoms with E-state index in [4.69, 9.17) is 21.7 Å². The van der Waals surface area contributed by atoms with Crippen LogP contribution in [0.25, 0.3) is 0 Å². The van der Waals surface area contributed by atoms with Gasteiger partial charge in [0.25, 0.3) is 0 Å². The van der Waals surface area contributed by atoms with E-state index in [0.717, 1.165) is 24.5 Å². The minimum Gasteiger partial charge on any atom is -0.449 e. The Hall–Kier alpha value is -2.06. The maximum atomic E-state index is 11.2. The minimum absolute atomic E-state index is 0.286. The van der Waals surface area contributed by atoms with E-state index in [1.54, 1.807) is 6.92 Å². The number of ether oxygens (including phenoxy) is 2. The number of nitrogens with zero attached hydrogens (tertiary/aromatic N) is 1. The molecule has 1 aliphatic rings. The van der Waals surface area contributed by atoms with E-state index in [1.165, 1.54) is 0 Å². The van der Waals surface area contributed by atoms with Crippen molar-refractivity contribution in [3.8, 4) is 0 Å². The van der Waals surface area contributed by atoms with Gasteiger partial charge < -0.3 is 19.7 Å². The number of anilines is 2. The van der Waals surface area contributed by atoms with Crippen molar-refractivity contribution in [3.05, 3.63) is 24.3 Å². The summed E-state index contributed by atoms with van der Waals surface area (Å²) in [6, 6.07) is 7.86.